The van der Waals surface area contributed by atoms with Crippen LogP contribution in [-0.4, -0.2) is 51.9 Å². The maximum Gasteiger partial charge on any atom is 0.233 e. The number of carbonyl (C=O) groups excluding carboxylic acids is 1. The molecule has 1 amide bonds. The standard InChI is InChI=1S/C16H19ClN4O3S2/c1-10(15(22)18-13-7-8-26(23,24)9-13)25-16-20-19-14(21(16)2)11-3-5-12(17)6-4-11/h3-6,10,13H,7-9H2,1-2H3,(H,18,22)/t10-,13-/m1/s1. The molecule has 0 bridgehead atoms. The first-order valence-electron chi connectivity index (χ1n) is 8.08. The molecule has 2 heterocycles. The zero-order chi connectivity index (χ0) is 18.9. The van der Waals surface area contributed by atoms with Gasteiger partial charge in [-0.1, -0.05) is 23.4 Å². The number of amides is 1. The van der Waals surface area contributed by atoms with Crippen LogP contribution in [0.15, 0.2) is 29.4 Å². The highest BCUT2D eigenvalue weighted by Gasteiger charge is 2.30. The van der Waals surface area contributed by atoms with Crippen LogP contribution in [0.4, 0.5) is 0 Å². The van der Waals surface area contributed by atoms with E-state index in [1.54, 1.807) is 19.1 Å². The van der Waals surface area contributed by atoms with Gasteiger partial charge in [0.05, 0.1) is 16.8 Å². The van der Waals surface area contributed by atoms with E-state index in [2.05, 4.69) is 15.5 Å². The van der Waals surface area contributed by atoms with Crippen LogP contribution in [0.25, 0.3) is 11.4 Å². The summed E-state index contributed by atoms with van der Waals surface area (Å²) in [6.07, 6.45) is 0.468. The van der Waals surface area contributed by atoms with Crippen LogP contribution in [0.2, 0.25) is 5.02 Å². The molecule has 140 valence electrons. The van der Waals surface area contributed by atoms with Crippen molar-refractivity contribution in [1.29, 1.82) is 0 Å². The van der Waals surface area contributed by atoms with Crippen molar-refractivity contribution in [2.75, 3.05) is 11.5 Å². The van der Waals surface area contributed by atoms with Gasteiger partial charge in [-0.2, -0.15) is 0 Å². The van der Waals surface area contributed by atoms with Crippen LogP contribution >= 0.6 is 23.4 Å². The molecule has 0 spiro atoms. The highest BCUT2D eigenvalue weighted by Crippen LogP contribution is 2.26. The first-order valence-corrected chi connectivity index (χ1v) is 11.2. The lowest BCUT2D eigenvalue weighted by Gasteiger charge is -2.15. The van der Waals surface area contributed by atoms with E-state index >= 15 is 0 Å². The molecule has 2 atom stereocenters. The number of nitrogens with zero attached hydrogens (tertiary/aromatic N) is 3. The van der Waals surface area contributed by atoms with E-state index in [-0.39, 0.29) is 23.5 Å². The fourth-order valence-corrected chi connectivity index (χ4v) is 5.33. The third-order valence-electron chi connectivity index (χ3n) is 4.17. The van der Waals surface area contributed by atoms with Gasteiger partial charge in [-0.25, -0.2) is 8.42 Å². The lowest BCUT2D eigenvalue weighted by atomic mass is 10.2. The number of thioether (sulfide) groups is 1. The minimum Gasteiger partial charge on any atom is -0.351 e. The molecule has 10 heteroatoms. The number of carbonyl (C=O) groups is 1. The van der Waals surface area contributed by atoms with Crippen molar-refractivity contribution in [3.8, 4) is 11.4 Å². The monoisotopic (exact) mass is 414 g/mol. The summed E-state index contributed by atoms with van der Waals surface area (Å²) in [5.41, 5.74) is 0.879. The van der Waals surface area contributed by atoms with Gasteiger partial charge in [0.2, 0.25) is 5.91 Å². The fraction of sp³-hybridized carbons (Fsp3) is 0.438. The summed E-state index contributed by atoms with van der Waals surface area (Å²) in [7, 11) is -1.19. The Morgan fingerprint density at radius 1 is 1.35 bits per heavy atom. The van der Waals surface area contributed by atoms with Crippen molar-refractivity contribution in [3.05, 3.63) is 29.3 Å². The van der Waals surface area contributed by atoms with Crippen LogP contribution in [0.5, 0.6) is 0 Å². The molecule has 0 saturated carbocycles. The van der Waals surface area contributed by atoms with Gasteiger partial charge in [-0.15, -0.1) is 10.2 Å². The Morgan fingerprint density at radius 2 is 2.04 bits per heavy atom. The summed E-state index contributed by atoms with van der Waals surface area (Å²) < 4.78 is 24.8. The zero-order valence-electron chi connectivity index (χ0n) is 14.3. The minimum atomic E-state index is -3.02. The van der Waals surface area contributed by atoms with Gasteiger partial charge in [0.1, 0.15) is 0 Å². The number of hydrogen-bond acceptors (Lipinski definition) is 6. The van der Waals surface area contributed by atoms with Crippen LogP contribution in [0, 0.1) is 0 Å². The predicted octanol–water partition coefficient (Wildman–Crippen LogP) is 1.92. The molecular weight excluding hydrogens is 396 g/mol. The molecule has 1 saturated heterocycles. The number of aromatic nitrogens is 3. The molecule has 7 nitrogen and oxygen atoms in total. The Balaban J connectivity index is 1.65. The Hall–Kier alpha value is -1.58. The van der Waals surface area contributed by atoms with Gasteiger partial charge >= 0.3 is 0 Å². The number of halogens is 1. The first kappa shape index (κ1) is 19.2. The largest absolute Gasteiger partial charge is 0.351 e. The van der Waals surface area contributed by atoms with Gasteiger partial charge in [0.15, 0.2) is 20.8 Å². The molecule has 1 N–H and O–H groups in total. The number of hydrogen-bond donors (Lipinski definition) is 1. The summed E-state index contributed by atoms with van der Waals surface area (Å²) in [5.74, 6) is 0.625. The van der Waals surface area contributed by atoms with Crippen LogP contribution < -0.4 is 5.32 Å². The SMILES string of the molecule is C[C@@H](Sc1nnc(-c2ccc(Cl)cc2)n1C)C(=O)N[C@@H]1CCS(=O)(=O)C1. The number of nitrogens with one attached hydrogen (secondary N) is 1. The molecule has 3 rings (SSSR count). The van der Waals surface area contributed by atoms with Crippen LogP contribution in [0.3, 0.4) is 0 Å². The minimum absolute atomic E-state index is 0.0147. The van der Waals surface area contributed by atoms with Crippen molar-refractivity contribution in [1.82, 2.24) is 20.1 Å². The van der Waals surface area contributed by atoms with Crippen molar-refractivity contribution in [2.24, 2.45) is 7.05 Å². The maximum atomic E-state index is 12.3. The molecule has 0 unspecified atom stereocenters. The molecule has 0 aliphatic carbocycles. The number of rotatable bonds is 5. The average Bonchev–Trinajstić information content (AvgIpc) is 3.11. The van der Waals surface area contributed by atoms with Gasteiger partial charge < -0.3 is 9.88 Å². The molecule has 1 aliphatic heterocycles. The molecule has 1 fully saturated rings. The summed E-state index contributed by atoms with van der Waals surface area (Å²) >= 11 is 7.19. The van der Waals surface area contributed by atoms with E-state index in [0.29, 0.717) is 22.4 Å². The number of sulfone groups is 1. The Morgan fingerprint density at radius 3 is 2.65 bits per heavy atom. The van der Waals surface area contributed by atoms with Gasteiger partial charge in [0, 0.05) is 23.7 Å². The second kappa shape index (κ2) is 7.58. The van der Waals surface area contributed by atoms with Crippen molar-refractivity contribution >= 4 is 39.1 Å². The van der Waals surface area contributed by atoms with E-state index < -0.39 is 15.1 Å². The first-order chi connectivity index (χ1) is 12.2. The van der Waals surface area contributed by atoms with Crippen LogP contribution in [0.1, 0.15) is 13.3 Å². The zero-order valence-corrected chi connectivity index (χ0v) is 16.7. The summed E-state index contributed by atoms with van der Waals surface area (Å²) in [5, 5.41) is 12.0. The van der Waals surface area contributed by atoms with E-state index in [9.17, 15) is 13.2 Å². The van der Waals surface area contributed by atoms with E-state index in [1.807, 2.05) is 23.7 Å². The van der Waals surface area contributed by atoms with Crippen molar-refractivity contribution < 1.29 is 13.2 Å². The summed E-state index contributed by atoms with van der Waals surface area (Å²) in [6.45, 7) is 1.76. The fourth-order valence-electron chi connectivity index (χ4n) is 2.71. The van der Waals surface area contributed by atoms with Crippen molar-refractivity contribution in [3.63, 3.8) is 0 Å². The van der Waals surface area contributed by atoms with Crippen molar-refractivity contribution in [2.45, 2.75) is 29.8 Å². The molecule has 1 aromatic heterocycles. The van der Waals surface area contributed by atoms with E-state index in [1.165, 1.54) is 11.8 Å². The van der Waals surface area contributed by atoms with E-state index in [4.69, 9.17) is 11.6 Å². The second-order valence-electron chi connectivity index (χ2n) is 6.24. The maximum absolute atomic E-state index is 12.3. The molecule has 2 aromatic rings. The number of benzene rings is 1. The average molecular weight is 415 g/mol. The highest BCUT2D eigenvalue weighted by molar-refractivity contribution is 8.00. The molecule has 0 radical (unpaired) electrons. The molecule has 1 aromatic carbocycles. The highest BCUT2D eigenvalue weighted by atomic mass is 35.5. The van der Waals surface area contributed by atoms with E-state index in [0.717, 1.165) is 5.56 Å². The quantitative estimate of drug-likeness (QED) is 0.751. The Labute approximate surface area is 161 Å². The molecular formula is C16H19ClN4O3S2. The predicted molar refractivity (Wildman–Crippen MR) is 102 cm³/mol. The Bertz CT molecular complexity index is 912. The topological polar surface area (TPSA) is 93.9 Å². The lowest BCUT2D eigenvalue weighted by molar-refractivity contribution is -0.120. The molecule has 26 heavy (non-hydrogen) atoms. The normalized spacial score (nSPS) is 20.0. The molecule has 1 aliphatic rings. The summed E-state index contributed by atoms with van der Waals surface area (Å²) in [4.78, 5) is 12.3. The third-order valence-corrected chi connectivity index (χ3v) is 7.32. The Kier molecular flexibility index (Phi) is 5.59. The van der Waals surface area contributed by atoms with Gasteiger partial charge in [-0.05, 0) is 37.6 Å². The third kappa shape index (κ3) is 4.39. The van der Waals surface area contributed by atoms with Crippen LogP contribution in [-0.2, 0) is 21.7 Å². The second-order valence-corrected chi connectivity index (χ2v) is 10.2. The van der Waals surface area contributed by atoms with Gasteiger partial charge in [-0.3, -0.25) is 4.79 Å². The lowest BCUT2D eigenvalue weighted by Crippen LogP contribution is -2.40. The smallest absolute Gasteiger partial charge is 0.233 e. The summed E-state index contributed by atoms with van der Waals surface area (Å²) in [6, 6.07) is 6.98. The van der Waals surface area contributed by atoms with Gasteiger partial charge in [0.25, 0.3) is 0 Å².